The third-order valence-electron chi connectivity index (χ3n) is 5.13. The third-order valence-corrected chi connectivity index (χ3v) is 7.91. The van der Waals surface area contributed by atoms with Gasteiger partial charge in [-0.15, -0.1) is 11.3 Å². The smallest absolute Gasteiger partial charge is 0.271 e. The average Bonchev–Trinajstić information content (AvgIpc) is 3.30. The van der Waals surface area contributed by atoms with Crippen molar-refractivity contribution in [3.63, 3.8) is 0 Å². The molecule has 2 N–H and O–H groups in total. The van der Waals surface area contributed by atoms with Gasteiger partial charge >= 0.3 is 0 Å². The van der Waals surface area contributed by atoms with Crippen LogP contribution >= 0.6 is 11.3 Å². The number of benzene rings is 2. The number of methoxy groups -OCH3 is 1. The fraction of sp³-hybridized carbons (Fsp3) is 0.227. The quantitative estimate of drug-likeness (QED) is 0.594. The Labute approximate surface area is 180 Å². The molecule has 1 aromatic heterocycles. The zero-order valence-electron chi connectivity index (χ0n) is 16.4. The molecule has 3 aromatic rings. The summed E-state index contributed by atoms with van der Waals surface area (Å²) in [5, 5.41) is 4.81. The Kier molecular flexibility index (Phi) is 5.78. The van der Waals surface area contributed by atoms with Gasteiger partial charge in [-0.1, -0.05) is 12.1 Å². The van der Waals surface area contributed by atoms with E-state index in [0.29, 0.717) is 11.3 Å². The van der Waals surface area contributed by atoms with Crippen LogP contribution in [-0.4, -0.2) is 21.4 Å². The summed E-state index contributed by atoms with van der Waals surface area (Å²) in [5.41, 5.74) is 3.21. The number of ether oxygens (including phenoxy) is 1. The Bertz CT molecular complexity index is 1140. The highest BCUT2D eigenvalue weighted by Gasteiger charge is 2.23. The van der Waals surface area contributed by atoms with Crippen LogP contribution in [-0.2, 0) is 16.4 Å². The van der Waals surface area contributed by atoms with E-state index in [2.05, 4.69) is 10.0 Å². The molecule has 1 amide bonds. The molecule has 8 heteroatoms. The first-order chi connectivity index (χ1) is 14.5. The minimum atomic E-state index is -3.61. The second-order valence-corrected chi connectivity index (χ2v) is 9.95. The Balaban J connectivity index is 1.45. The summed E-state index contributed by atoms with van der Waals surface area (Å²) in [6.07, 6.45) is 2.84. The number of rotatable bonds is 6. The molecule has 0 bridgehead atoms. The van der Waals surface area contributed by atoms with Gasteiger partial charge in [-0.05, 0) is 78.2 Å². The number of carbonyl (C=O) groups is 1. The lowest BCUT2D eigenvalue weighted by Gasteiger charge is -2.27. The average molecular weight is 443 g/mol. The van der Waals surface area contributed by atoms with Crippen molar-refractivity contribution < 1.29 is 17.9 Å². The lowest BCUT2D eigenvalue weighted by Crippen LogP contribution is -2.31. The second-order valence-electron chi connectivity index (χ2n) is 7.10. The molecule has 1 heterocycles. The van der Waals surface area contributed by atoms with Crippen LogP contribution in [0, 0.1) is 0 Å². The maximum Gasteiger partial charge on any atom is 0.271 e. The van der Waals surface area contributed by atoms with E-state index in [1.165, 1.54) is 5.56 Å². The summed E-state index contributed by atoms with van der Waals surface area (Å²) in [7, 11) is -1.96. The number of fused-ring (bicyclic) bond motifs is 1. The maximum atomic E-state index is 12.8. The van der Waals surface area contributed by atoms with Crippen molar-refractivity contribution >= 4 is 33.0 Å². The number of thiophene rings is 1. The molecule has 0 aliphatic heterocycles. The number of hydrogen-bond donors (Lipinski definition) is 2. The number of nitrogens with one attached hydrogen (secondary N) is 2. The maximum absolute atomic E-state index is 12.8. The fourth-order valence-electron chi connectivity index (χ4n) is 3.62. The van der Waals surface area contributed by atoms with Crippen molar-refractivity contribution in [2.75, 3.05) is 11.8 Å². The monoisotopic (exact) mass is 442 g/mol. The van der Waals surface area contributed by atoms with Crippen molar-refractivity contribution in [3.05, 3.63) is 76.7 Å². The number of aryl methyl sites for hydroxylation is 1. The molecule has 1 aliphatic rings. The highest BCUT2D eigenvalue weighted by molar-refractivity contribution is 7.94. The second kappa shape index (κ2) is 8.49. The van der Waals surface area contributed by atoms with Gasteiger partial charge < -0.3 is 10.1 Å². The molecule has 4 rings (SSSR count). The summed E-state index contributed by atoms with van der Waals surface area (Å²) in [6, 6.07) is 15.6. The summed E-state index contributed by atoms with van der Waals surface area (Å²) in [6.45, 7) is 0. The number of hydrogen-bond acceptors (Lipinski definition) is 5. The van der Waals surface area contributed by atoms with E-state index >= 15 is 0 Å². The third kappa shape index (κ3) is 4.34. The van der Waals surface area contributed by atoms with E-state index in [0.717, 1.165) is 41.9 Å². The molecule has 0 fully saturated rings. The van der Waals surface area contributed by atoms with Gasteiger partial charge in [0, 0.05) is 11.3 Å². The van der Waals surface area contributed by atoms with Crippen LogP contribution in [0.3, 0.4) is 0 Å². The van der Waals surface area contributed by atoms with Crippen LogP contribution < -0.4 is 14.8 Å². The van der Waals surface area contributed by atoms with Gasteiger partial charge in [0.15, 0.2) is 0 Å². The molecule has 156 valence electrons. The fourth-order valence-corrected chi connectivity index (χ4v) is 5.67. The normalized spacial score (nSPS) is 15.8. The summed E-state index contributed by atoms with van der Waals surface area (Å²) < 4.78 is 32.7. The largest absolute Gasteiger partial charge is 0.497 e. The van der Waals surface area contributed by atoms with E-state index in [1.54, 1.807) is 48.9 Å². The molecule has 0 unspecified atom stereocenters. The summed E-state index contributed by atoms with van der Waals surface area (Å²) >= 11 is 1.15. The van der Waals surface area contributed by atoms with E-state index in [9.17, 15) is 13.2 Å². The predicted molar refractivity (Wildman–Crippen MR) is 118 cm³/mol. The van der Waals surface area contributed by atoms with Crippen molar-refractivity contribution in [1.29, 1.82) is 0 Å². The predicted octanol–water partition coefficient (Wildman–Crippen LogP) is 4.36. The van der Waals surface area contributed by atoms with Crippen LogP contribution in [0.5, 0.6) is 5.75 Å². The number of anilines is 1. The molecular formula is C22H22N2O4S2. The van der Waals surface area contributed by atoms with Gasteiger partial charge in [0.2, 0.25) is 0 Å². The van der Waals surface area contributed by atoms with Crippen LogP contribution in [0.1, 0.15) is 40.4 Å². The molecule has 30 heavy (non-hydrogen) atoms. The van der Waals surface area contributed by atoms with Gasteiger partial charge in [0.1, 0.15) is 9.96 Å². The van der Waals surface area contributed by atoms with Gasteiger partial charge in [0.05, 0.1) is 13.2 Å². The molecule has 6 nitrogen and oxygen atoms in total. The zero-order valence-corrected chi connectivity index (χ0v) is 18.1. The highest BCUT2D eigenvalue weighted by Crippen LogP contribution is 2.32. The van der Waals surface area contributed by atoms with Crippen LogP contribution in [0.4, 0.5) is 5.69 Å². The van der Waals surface area contributed by atoms with Gasteiger partial charge in [-0.3, -0.25) is 9.52 Å². The summed E-state index contributed by atoms with van der Waals surface area (Å²) in [4.78, 5) is 12.8. The first-order valence-corrected chi connectivity index (χ1v) is 12.0. The SMILES string of the molecule is COc1ccc2c(c1)CCC[C@@H]2NC(=O)c1ccc(NS(=O)(=O)c2cccs2)cc1. The molecule has 2 aromatic carbocycles. The van der Waals surface area contributed by atoms with Crippen molar-refractivity contribution in [1.82, 2.24) is 5.32 Å². The van der Waals surface area contributed by atoms with Crippen LogP contribution in [0.2, 0.25) is 0 Å². The number of amides is 1. The lowest BCUT2D eigenvalue weighted by atomic mass is 9.87. The minimum absolute atomic E-state index is 0.0517. The Morgan fingerprint density at radius 1 is 1.13 bits per heavy atom. The molecule has 0 radical (unpaired) electrons. The Morgan fingerprint density at radius 3 is 2.63 bits per heavy atom. The van der Waals surface area contributed by atoms with E-state index in [4.69, 9.17) is 4.74 Å². The van der Waals surface area contributed by atoms with Crippen molar-refractivity contribution in [3.8, 4) is 5.75 Å². The molecular weight excluding hydrogens is 420 g/mol. The van der Waals surface area contributed by atoms with E-state index < -0.39 is 10.0 Å². The van der Waals surface area contributed by atoms with E-state index in [1.807, 2.05) is 18.2 Å². The molecule has 0 saturated carbocycles. The first-order valence-electron chi connectivity index (χ1n) is 9.60. The number of sulfonamides is 1. The van der Waals surface area contributed by atoms with Crippen molar-refractivity contribution in [2.45, 2.75) is 29.5 Å². The Hall–Kier alpha value is -2.84. The highest BCUT2D eigenvalue weighted by atomic mass is 32.2. The van der Waals surface area contributed by atoms with Crippen molar-refractivity contribution in [2.24, 2.45) is 0 Å². The standard InChI is InChI=1S/C22H22N2O4S2/c1-28-18-11-12-19-16(14-18)4-2-5-20(19)23-22(25)15-7-9-17(10-8-15)24-30(26,27)21-6-3-13-29-21/h3,6-14,20,24H,2,4-5H2,1H3,(H,23,25)/t20-/m0/s1. The summed E-state index contributed by atoms with van der Waals surface area (Å²) in [5.74, 6) is 0.637. The molecule has 1 atom stereocenters. The van der Waals surface area contributed by atoms with Gasteiger partial charge in [0.25, 0.3) is 15.9 Å². The van der Waals surface area contributed by atoms with Crippen LogP contribution in [0.15, 0.2) is 64.2 Å². The Morgan fingerprint density at radius 2 is 1.93 bits per heavy atom. The lowest BCUT2D eigenvalue weighted by molar-refractivity contribution is 0.0933. The van der Waals surface area contributed by atoms with Crippen LogP contribution in [0.25, 0.3) is 0 Å². The molecule has 0 spiro atoms. The first kappa shape index (κ1) is 20.4. The van der Waals surface area contributed by atoms with Gasteiger partial charge in [-0.25, -0.2) is 8.42 Å². The van der Waals surface area contributed by atoms with Gasteiger partial charge in [-0.2, -0.15) is 0 Å². The molecule has 0 saturated heterocycles. The van der Waals surface area contributed by atoms with E-state index in [-0.39, 0.29) is 16.2 Å². The topological polar surface area (TPSA) is 84.5 Å². The number of carbonyl (C=O) groups excluding carboxylic acids is 1. The minimum Gasteiger partial charge on any atom is -0.497 e. The zero-order chi connectivity index (χ0) is 21.1. The molecule has 1 aliphatic carbocycles.